The monoisotopic (exact) mass is 420 g/mol. The number of urea groups is 1. The molecule has 1 fully saturated rings. The fourth-order valence-corrected chi connectivity index (χ4v) is 3.20. The largest absolute Gasteiger partial charge is 0.416 e. The predicted molar refractivity (Wildman–Crippen MR) is 100 cm³/mol. The molecule has 11 heteroatoms. The van der Waals surface area contributed by atoms with Gasteiger partial charge in [-0.05, 0) is 17.7 Å². The average Bonchev–Trinajstić information content (AvgIpc) is 2.66. The summed E-state index contributed by atoms with van der Waals surface area (Å²) in [7, 11) is 0. The first-order valence-corrected chi connectivity index (χ1v) is 8.55. The number of benzene rings is 2. The molecule has 156 valence electrons. The summed E-state index contributed by atoms with van der Waals surface area (Å²) in [6.07, 6.45) is -4.71. The van der Waals surface area contributed by atoms with Crippen molar-refractivity contribution in [3.63, 3.8) is 0 Å². The lowest BCUT2D eigenvalue weighted by atomic mass is 9.85. The van der Waals surface area contributed by atoms with E-state index in [9.17, 15) is 32.9 Å². The van der Waals surface area contributed by atoms with Gasteiger partial charge in [0.2, 0.25) is 5.91 Å². The molecule has 0 saturated carbocycles. The summed E-state index contributed by atoms with van der Waals surface area (Å²) in [4.78, 5) is 35.0. The van der Waals surface area contributed by atoms with Gasteiger partial charge in [0.25, 0.3) is 5.69 Å². The highest BCUT2D eigenvalue weighted by Gasteiger charge is 2.42. The topological polar surface area (TPSA) is 113 Å². The molecule has 1 saturated heterocycles. The number of amides is 3. The number of alkyl halides is 3. The number of carbonyl (C=O) groups is 2. The molecule has 1 aliphatic heterocycles. The van der Waals surface area contributed by atoms with Crippen LogP contribution < -0.4 is 16.0 Å². The Labute approximate surface area is 167 Å². The van der Waals surface area contributed by atoms with E-state index < -0.39 is 40.6 Å². The number of non-ortho nitro benzene ring substituents is 1. The molecular formula is C19H15F3N4O4. The fourth-order valence-electron chi connectivity index (χ4n) is 3.20. The van der Waals surface area contributed by atoms with Crippen LogP contribution >= 0.6 is 0 Å². The van der Waals surface area contributed by atoms with E-state index in [1.165, 1.54) is 36.4 Å². The maximum Gasteiger partial charge on any atom is 0.416 e. The van der Waals surface area contributed by atoms with Crippen molar-refractivity contribution in [2.75, 3.05) is 5.32 Å². The predicted octanol–water partition coefficient (Wildman–Crippen LogP) is 3.74. The Morgan fingerprint density at radius 2 is 1.87 bits per heavy atom. The van der Waals surface area contributed by atoms with Crippen LogP contribution in [0.25, 0.3) is 0 Å². The summed E-state index contributed by atoms with van der Waals surface area (Å²) in [6.45, 7) is 3.60. The summed E-state index contributed by atoms with van der Waals surface area (Å²) in [5, 5.41) is 18.0. The lowest BCUT2D eigenvalue weighted by Gasteiger charge is -2.35. The number of carbonyl (C=O) groups excluding carboxylic acids is 2. The minimum atomic E-state index is -4.71. The summed E-state index contributed by atoms with van der Waals surface area (Å²) in [5.74, 6) is -2.11. The minimum Gasteiger partial charge on any atom is -0.330 e. The molecule has 0 aromatic heterocycles. The third-order valence-electron chi connectivity index (χ3n) is 4.48. The van der Waals surface area contributed by atoms with Crippen molar-refractivity contribution < 1.29 is 27.7 Å². The molecule has 1 aliphatic rings. The first-order chi connectivity index (χ1) is 14.1. The number of nitro benzene ring substituents is 1. The van der Waals surface area contributed by atoms with E-state index in [0.29, 0.717) is 0 Å². The van der Waals surface area contributed by atoms with Gasteiger partial charge in [0.05, 0.1) is 16.5 Å². The normalized spacial score (nSPS) is 18.9. The lowest BCUT2D eigenvalue weighted by molar-refractivity contribution is -0.384. The van der Waals surface area contributed by atoms with Crippen LogP contribution in [0.3, 0.4) is 0 Å². The van der Waals surface area contributed by atoms with E-state index >= 15 is 0 Å². The standard InChI is InChI=1S/C19H15F3N4O4/c1-10-15(17(27)24-11-5-4-6-12(9-11)26(29)30)16(25-18(28)23-10)13-7-2-3-8-14(13)19(20,21)22/h2-9,15-16H,1H2,(H,24,27)(H2,23,25,28)/t15-,16-/m0/s1. The van der Waals surface area contributed by atoms with Crippen molar-refractivity contribution in [2.24, 2.45) is 5.92 Å². The van der Waals surface area contributed by atoms with Gasteiger partial charge in [-0.2, -0.15) is 13.2 Å². The van der Waals surface area contributed by atoms with E-state index in [1.54, 1.807) is 0 Å². The quantitative estimate of drug-likeness (QED) is 0.517. The molecule has 0 aliphatic carbocycles. The third kappa shape index (κ3) is 4.24. The van der Waals surface area contributed by atoms with Crippen molar-refractivity contribution in [3.8, 4) is 0 Å². The Morgan fingerprint density at radius 3 is 2.53 bits per heavy atom. The van der Waals surface area contributed by atoms with E-state index in [0.717, 1.165) is 12.1 Å². The summed E-state index contributed by atoms with van der Waals surface area (Å²) >= 11 is 0. The highest BCUT2D eigenvalue weighted by atomic mass is 19.4. The third-order valence-corrected chi connectivity index (χ3v) is 4.48. The molecule has 0 spiro atoms. The molecule has 2 atom stereocenters. The van der Waals surface area contributed by atoms with Gasteiger partial charge >= 0.3 is 12.2 Å². The Bertz CT molecular complexity index is 1040. The van der Waals surface area contributed by atoms with Gasteiger partial charge < -0.3 is 16.0 Å². The number of nitro groups is 1. The summed E-state index contributed by atoms with van der Waals surface area (Å²) < 4.78 is 40.4. The first-order valence-electron chi connectivity index (χ1n) is 8.55. The second-order valence-corrected chi connectivity index (χ2v) is 6.46. The summed E-state index contributed by atoms with van der Waals surface area (Å²) in [5.41, 5.74) is -1.62. The number of nitrogens with one attached hydrogen (secondary N) is 3. The molecule has 1 heterocycles. The number of halogens is 3. The maximum absolute atomic E-state index is 13.5. The Balaban J connectivity index is 1.98. The van der Waals surface area contributed by atoms with Crippen molar-refractivity contribution in [2.45, 2.75) is 12.2 Å². The van der Waals surface area contributed by atoms with E-state index in [-0.39, 0.29) is 22.6 Å². The molecule has 2 aromatic carbocycles. The van der Waals surface area contributed by atoms with Crippen molar-refractivity contribution >= 4 is 23.3 Å². The number of hydrogen-bond donors (Lipinski definition) is 3. The number of nitrogens with zero attached hydrogens (tertiary/aromatic N) is 1. The number of hydrogen-bond acceptors (Lipinski definition) is 4. The van der Waals surface area contributed by atoms with Gasteiger partial charge in [-0.25, -0.2) is 4.79 Å². The maximum atomic E-state index is 13.5. The smallest absolute Gasteiger partial charge is 0.330 e. The van der Waals surface area contributed by atoms with Crippen LogP contribution in [0, 0.1) is 16.0 Å². The molecule has 0 unspecified atom stereocenters. The van der Waals surface area contributed by atoms with Gasteiger partial charge in [0.15, 0.2) is 0 Å². The average molecular weight is 420 g/mol. The summed E-state index contributed by atoms with van der Waals surface area (Å²) in [6, 6.07) is 7.47. The van der Waals surface area contributed by atoms with Gasteiger partial charge in [-0.3, -0.25) is 14.9 Å². The lowest BCUT2D eigenvalue weighted by Crippen LogP contribution is -2.52. The van der Waals surface area contributed by atoms with Crippen LogP contribution in [-0.2, 0) is 11.0 Å². The van der Waals surface area contributed by atoms with Gasteiger partial charge in [0.1, 0.15) is 5.92 Å². The van der Waals surface area contributed by atoms with Crippen LogP contribution in [-0.4, -0.2) is 16.9 Å². The Morgan fingerprint density at radius 1 is 1.17 bits per heavy atom. The SMILES string of the molecule is C=C1NC(=O)N[C@@H](c2ccccc2C(F)(F)F)[C@H]1C(=O)Nc1cccc([N+](=O)[O-])c1. The van der Waals surface area contributed by atoms with E-state index in [2.05, 4.69) is 22.5 Å². The first kappa shape index (κ1) is 20.8. The van der Waals surface area contributed by atoms with E-state index in [1.807, 2.05) is 0 Å². The van der Waals surface area contributed by atoms with Crippen LogP contribution in [0.4, 0.5) is 29.3 Å². The van der Waals surface area contributed by atoms with Crippen LogP contribution in [0.15, 0.2) is 60.8 Å². The molecule has 2 aromatic rings. The second kappa shape index (κ2) is 7.85. The number of anilines is 1. The fraction of sp³-hybridized carbons (Fsp3) is 0.158. The van der Waals surface area contributed by atoms with Crippen molar-refractivity contribution in [1.29, 1.82) is 0 Å². The molecule has 3 rings (SSSR count). The Hall–Kier alpha value is -3.89. The van der Waals surface area contributed by atoms with Crippen LogP contribution in [0.2, 0.25) is 0 Å². The van der Waals surface area contributed by atoms with E-state index in [4.69, 9.17) is 0 Å². The minimum absolute atomic E-state index is 0.0711. The molecule has 30 heavy (non-hydrogen) atoms. The Kier molecular flexibility index (Phi) is 5.45. The van der Waals surface area contributed by atoms with Crippen LogP contribution in [0.5, 0.6) is 0 Å². The molecular weight excluding hydrogens is 405 g/mol. The zero-order valence-electron chi connectivity index (χ0n) is 15.2. The van der Waals surface area contributed by atoms with Crippen molar-refractivity contribution in [1.82, 2.24) is 10.6 Å². The zero-order chi connectivity index (χ0) is 22.1. The number of rotatable bonds is 4. The van der Waals surface area contributed by atoms with Crippen molar-refractivity contribution in [3.05, 3.63) is 82.0 Å². The highest BCUT2D eigenvalue weighted by molar-refractivity contribution is 5.97. The molecule has 3 N–H and O–H groups in total. The highest BCUT2D eigenvalue weighted by Crippen LogP contribution is 2.39. The molecule has 8 nitrogen and oxygen atoms in total. The molecule has 3 amide bonds. The zero-order valence-corrected chi connectivity index (χ0v) is 15.2. The van der Waals surface area contributed by atoms with Gasteiger partial charge in [-0.1, -0.05) is 30.8 Å². The van der Waals surface area contributed by atoms with Gasteiger partial charge in [-0.15, -0.1) is 0 Å². The van der Waals surface area contributed by atoms with Crippen LogP contribution in [0.1, 0.15) is 17.2 Å². The molecule has 0 radical (unpaired) electrons. The van der Waals surface area contributed by atoms with Gasteiger partial charge in [0, 0.05) is 23.5 Å². The molecule has 0 bridgehead atoms. The second-order valence-electron chi connectivity index (χ2n) is 6.46.